The van der Waals surface area contributed by atoms with Gasteiger partial charge in [-0.25, -0.2) is 9.37 Å². The Labute approximate surface area is 99.2 Å². The second-order valence-electron chi connectivity index (χ2n) is 3.76. The van der Waals surface area contributed by atoms with Crippen molar-refractivity contribution in [2.45, 2.75) is 13.0 Å². The van der Waals surface area contributed by atoms with Crippen molar-refractivity contribution in [1.29, 1.82) is 0 Å². The Morgan fingerprint density at radius 2 is 2.31 bits per heavy atom. The molecule has 1 aliphatic rings. The van der Waals surface area contributed by atoms with Crippen LogP contribution in [0.4, 0.5) is 10.2 Å². The van der Waals surface area contributed by atoms with Crippen molar-refractivity contribution in [2.75, 3.05) is 29.5 Å². The van der Waals surface area contributed by atoms with Crippen LogP contribution in [0.15, 0.2) is 12.3 Å². The fourth-order valence-electron chi connectivity index (χ4n) is 1.81. The van der Waals surface area contributed by atoms with Gasteiger partial charge >= 0.3 is 0 Å². The van der Waals surface area contributed by atoms with E-state index >= 15 is 0 Å². The van der Waals surface area contributed by atoms with Crippen LogP contribution in [0.5, 0.6) is 0 Å². The second-order valence-corrected chi connectivity index (χ2v) is 4.99. The molecule has 0 spiro atoms. The third-order valence-corrected chi connectivity index (χ3v) is 3.74. The van der Waals surface area contributed by atoms with Gasteiger partial charge in [0.05, 0.1) is 0 Å². The Balaban J connectivity index is 2.24. The normalized spacial score (nSPS) is 17.2. The summed E-state index contributed by atoms with van der Waals surface area (Å²) in [6.07, 6.45) is 2.72. The molecule has 1 aromatic heterocycles. The first kappa shape index (κ1) is 11.7. The fraction of sp³-hybridized carbons (Fsp3) is 0.545. The molecular formula is C11H16FN3S. The molecule has 0 bridgehead atoms. The number of anilines is 1. The van der Waals surface area contributed by atoms with E-state index in [1.165, 1.54) is 0 Å². The van der Waals surface area contributed by atoms with Gasteiger partial charge < -0.3 is 10.6 Å². The highest BCUT2D eigenvalue weighted by Gasteiger charge is 2.16. The SMILES string of the molecule is NCc1ccnc(N2CCCSCC2)c1F. The van der Waals surface area contributed by atoms with E-state index in [4.69, 9.17) is 5.73 Å². The predicted octanol–water partition coefficient (Wildman–Crippen LogP) is 1.62. The smallest absolute Gasteiger partial charge is 0.170 e. The Morgan fingerprint density at radius 3 is 3.12 bits per heavy atom. The van der Waals surface area contributed by atoms with Crippen LogP contribution in [-0.4, -0.2) is 29.6 Å². The third-order valence-electron chi connectivity index (χ3n) is 2.69. The van der Waals surface area contributed by atoms with Gasteiger partial charge in [-0.1, -0.05) is 0 Å². The van der Waals surface area contributed by atoms with Crippen LogP contribution in [0, 0.1) is 5.82 Å². The van der Waals surface area contributed by atoms with Gasteiger partial charge in [0.2, 0.25) is 0 Å². The lowest BCUT2D eigenvalue weighted by atomic mass is 10.2. The minimum Gasteiger partial charge on any atom is -0.353 e. The van der Waals surface area contributed by atoms with E-state index in [0.717, 1.165) is 31.0 Å². The van der Waals surface area contributed by atoms with Crippen molar-refractivity contribution in [2.24, 2.45) is 5.73 Å². The highest BCUT2D eigenvalue weighted by atomic mass is 32.2. The van der Waals surface area contributed by atoms with Gasteiger partial charge in [-0.15, -0.1) is 0 Å². The molecule has 2 heterocycles. The minimum atomic E-state index is -0.253. The summed E-state index contributed by atoms with van der Waals surface area (Å²) in [6, 6.07) is 1.64. The first-order valence-electron chi connectivity index (χ1n) is 5.49. The molecule has 0 saturated carbocycles. The Kier molecular flexibility index (Phi) is 4.01. The topological polar surface area (TPSA) is 42.1 Å². The Hall–Kier alpha value is -0.810. The third kappa shape index (κ3) is 2.47. The molecule has 16 heavy (non-hydrogen) atoms. The van der Waals surface area contributed by atoms with E-state index in [9.17, 15) is 4.39 Å². The highest BCUT2D eigenvalue weighted by Crippen LogP contribution is 2.22. The van der Waals surface area contributed by atoms with Crippen molar-refractivity contribution in [1.82, 2.24) is 4.98 Å². The summed E-state index contributed by atoms with van der Waals surface area (Å²) in [7, 11) is 0. The molecule has 0 amide bonds. The number of thioether (sulfide) groups is 1. The quantitative estimate of drug-likeness (QED) is 0.854. The summed E-state index contributed by atoms with van der Waals surface area (Å²) < 4.78 is 14.0. The van der Waals surface area contributed by atoms with Crippen LogP contribution in [-0.2, 0) is 6.54 Å². The average Bonchev–Trinajstić information content (AvgIpc) is 2.58. The monoisotopic (exact) mass is 241 g/mol. The van der Waals surface area contributed by atoms with E-state index in [1.54, 1.807) is 12.3 Å². The molecule has 2 N–H and O–H groups in total. The Bertz CT molecular complexity index is 351. The number of aromatic nitrogens is 1. The highest BCUT2D eigenvalue weighted by molar-refractivity contribution is 7.99. The van der Waals surface area contributed by atoms with Crippen LogP contribution in [0.2, 0.25) is 0 Å². The minimum absolute atomic E-state index is 0.226. The first-order valence-corrected chi connectivity index (χ1v) is 6.64. The van der Waals surface area contributed by atoms with E-state index in [-0.39, 0.29) is 12.4 Å². The van der Waals surface area contributed by atoms with Gasteiger partial charge in [0.15, 0.2) is 11.6 Å². The molecule has 2 rings (SSSR count). The number of nitrogens with two attached hydrogens (primary N) is 1. The maximum Gasteiger partial charge on any atom is 0.170 e. The summed E-state index contributed by atoms with van der Waals surface area (Å²) in [6.45, 7) is 1.97. The van der Waals surface area contributed by atoms with E-state index < -0.39 is 0 Å². The van der Waals surface area contributed by atoms with Crippen molar-refractivity contribution < 1.29 is 4.39 Å². The molecule has 0 unspecified atom stereocenters. The number of hydrogen-bond donors (Lipinski definition) is 1. The van der Waals surface area contributed by atoms with Crippen LogP contribution >= 0.6 is 11.8 Å². The van der Waals surface area contributed by atoms with Gasteiger partial charge in [-0.2, -0.15) is 11.8 Å². The molecule has 0 radical (unpaired) electrons. The molecule has 3 nitrogen and oxygen atoms in total. The van der Waals surface area contributed by atoms with Gasteiger partial charge in [-0.05, 0) is 18.2 Å². The lowest BCUT2D eigenvalue weighted by Crippen LogP contribution is -2.28. The zero-order valence-electron chi connectivity index (χ0n) is 9.16. The van der Waals surface area contributed by atoms with Crippen LogP contribution < -0.4 is 10.6 Å². The molecule has 88 valence electrons. The fourth-order valence-corrected chi connectivity index (χ4v) is 2.69. The lowest BCUT2D eigenvalue weighted by molar-refractivity contribution is 0.594. The number of hydrogen-bond acceptors (Lipinski definition) is 4. The molecule has 1 saturated heterocycles. The first-order chi connectivity index (χ1) is 7.83. The standard InChI is InChI=1S/C11H16FN3S/c12-10-9(8-13)2-3-14-11(10)15-4-1-6-16-7-5-15/h2-3H,1,4-8,13H2. The molecular weight excluding hydrogens is 225 g/mol. The Morgan fingerprint density at radius 1 is 1.44 bits per heavy atom. The predicted molar refractivity (Wildman–Crippen MR) is 66.2 cm³/mol. The maximum atomic E-state index is 14.0. The molecule has 1 aromatic rings. The van der Waals surface area contributed by atoms with Gasteiger partial charge in [0, 0.05) is 37.1 Å². The van der Waals surface area contributed by atoms with Crippen molar-refractivity contribution in [3.63, 3.8) is 0 Å². The van der Waals surface area contributed by atoms with Crippen molar-refractivity contribution in [3.05, 3.63) is 23.6 Å². The molecule has 1 aliphatic heterocycles. The van der Waals surface area contributed by atoms with Gasteiger partial charge in [-0.3, -0.25) is 0 Å². The maximum absolute atomic E-state index is 14.0. The molecule has 0 aliphatic carbocycles. The number of rotatable bonds is 2. The molecule has 0 atom stereocenters. The zero-order valence-corrected chi connectivity index (χ0v) is 9.97. The number of nitrogens with zero attached hydrogens (tertiary/aromatic N) is 2. The summed E-state index contributed by atoms with van der Waals surface area (Å²) in [4.78, 5) is 6.16. The largest absolute Gasteiger partial charge is 0.353 e. The molecule has 0 aromatic carbocycles. The lowest BCUT2D eigenvalue weighted by Gasteiger charge is -2.22. The van der Waals surface area contributed by atoms with Crippen LogP contribution in [0.3, 0.4) is 0 Å². The number of halogens is 1. The van der Waals surface area contributed by atoms with Gasteiger partial charge in [0.1, 0.15) is 0 Å². The average molecular weight is 241 g/mol. The summed E-state index contributed by atoms with van der Waals surface area (Å²) in [5.74, 6) is 2.39. The second kappa shape index (κ2) is 5.50. The zero-order chi connectivity index (χ0) is 11.4. The molecule has 1 fully saturated rings. The van der Waals surface area contributed by atoms with Crippen molar-refractivity contribution in [3.8, 4) is 0 Å². The van der Waals surface area contributed by atoms with Crippen molar-refractivity contribution >= 4 is 17.6 Å². The van der Waals surface area contributed by atoms with E-state index in [1.807, 2.05) is 16.7 Å². The summed E-state index contributed by atoms with van der Waals surface area (Å²) in [5.41, 5.74) is 6.03. The summed E-state index contributed by atoms with van der Waals surface area (Å²) in [5, 5.41) is 0. The van der Waals surface area contributed by atoms with E-state index in [0.29, 0.717) is 11.4 Å². The van der Waals surface area contributed by atoms with Crippen LogP contribution in [0.25, 0.3) is 0 Å². The summed E-state index contributed by atoms with van der Waals surface area (Å²) >= 11 is 1.91. The van der Waals surface area contributed by atoms with E-state index in [2.05, 4.69) is 4.98 Å². The van der Waals surface area contributed by atoms with Crippen LogP contribution in [0.1, 0.15) is 12.0 Å². The molecule has 5 heteroatoms. The van der Waals surface area contributed by atoms with Gasteiger partial charge in [0.25, 0.3) is 0 Å². The number of pyridine rings is 1.